The van der Waals surface area contributed by atoms with Crippen molar-refractivity contribution in [2.24, 2.45) is 0 Å². The van der Waals surface area contributed by atoms with E-state index in [4.69, 9.17) is 14.6 Å². The van der Waals surface area contributed by atoms with Gasteiger partial charge in [0.1, 0.15) is 5.69 Å². The van der Waals surface area contributed by atoms with Gasteiger partial charge in [0.05, 0.1) is 23.6 Å². The molecule has 2 N–H and O–H groups in total. The number of carboxylic acid groups (broad SMARTS) is 1. The molecule has 0 bridgehead atoms. The second-order valence-electron chi connectivity index (χ2n) is 4.50. The summed E-state index contributed by atoms with van der Waals surface area (Å²) >= 11 is 1.53. The highest BCUT2D eigenvalue weighted by Gasteiger charge is 2.24. The third-order valence-electron chi connectivity index (χ3n) is 3.10. The average Bonchev–Trinajstić information content (AvgIpc) is 3.16. The molecule has 6 nitrogen and oxygen atoms in total. The van der Waals surface area contributed by atoms with Crippen LogP contribution in [0.1, 0.15) is 17.5 Å². The highest BCUT2D eigenvalue weighted by molar-refractivity contribution is 7.13. The normalized spacial score (nSPS) is 15.2. The molecule has 0 aliphatic carbocycles. The summed E-state index contributed by atoms with van der Waals surface area (Å²) in [6.07, 6.45) is -1.42. The predicted octanol–water partition coefficient (Wildman–Crippen LogP) is 2.62. The molecule has 7 heteroatoms. The zero-order valence-electron chi connectivity index (χ0n) is 11.1. The van der Waals surface area contributed by atoms with E-state index in [1.807, 2.05) is 24.3 Å². The molecule has 1 aliphatic rings. The van der Waals surface area contributed by atoms with Gasteiger partial charge < -0.3 is 19.9 Å². The lowest BCUT2D eigenvalue weighted by atomic mass is 10.1. The van der Waals surface area contributed by atoms with Crippen molar-refractivity contribution >= 4 is 17.4 Å². The quantitative estimate of drug-likeness (QED) is 0.907. The molecule has 1 amide bonds. The fourth-order valence-corrected chi connectivity index (χ4v) is 2.92. The van der Waals surface area contributed by atoms with E-state index in [9.17, 15) is 4.79 Å². The number of ether oxygens (including phenoxy) is 2. The van der Waals surface area contributed by atoms with Crippen LogP contribution in [0.4, 0.5) is 4.79 Å². The van der Waals surface area contributed by atoms with E-state index >= 15 is 0 Å². The van der Waals surface area contributed by atoms with Crippen molar-refractivity contribution in [2.45, 2.75) is 12.8 Å². The van der Waals surface area contributed by atoms with Crippen molar-refractivity contribution in [2.75, 3.05) is 13.2 Å². The van der Waals surface area contributed by atoms with Crippen LogP contribution in [-0.4, -0.2) is 29.4 Å². The van der Waals surface area contributed by atoms with Crippen molar-refractivity contribution in [3.63, 3.8) is 0 Å². The molecule has 110 valence electrons. The number of hydrogen-bond acceptors (Lipinski definition) is 5. The first-order valence-electron chi connectivity index (χ1n) is 6.47. The molecule has 21 heavy (non-hydrogen) atoms. The number of nitrogens with one attached hydrogen (secondary N) is 1. The average molecular weight is 306 g/mol. The minimum atomic E-state index is -1.03. The number of carbonyl (C=O) groups is 1. The molecule has 0 atom stereocenters. The van der Waals surface area contributed by atoms with E-state index in [0.717, 1.165) is 21.7 Å². The topological polar surface area (TPSA) is 80.7 Å². The first-order chi connectivity index (χ1) is 10.2. The summed E-state index contributed by atoms with van der Waals surface area (Å²) in [5.74, 6) is 0. The summed E-state index contributed by atoms with van der Waals surface area (Å²) in [4.78, 5) is 15.8. The van der Waals surface area contributed by atoms with Gasteiger partial charge in [-0.3, -0.25) is 0 Å². The summed E-state index contributed by atoms with van der Waals surface area (Å²) in [7, 11) is 0. The van der Waals surface area contributed by atoms with E-state index in [-0.39, 0.29) is 6.29 Å². The highest BCUT2D eigenvalue weighted by Crippen LogP contribution is 2.35. The molecular formula is C14H14N2O4S. The Labute approximate surface area is 125 Å². The molecule has 2 aromatic rings. The first kappa shape index (κ1) is 14.0. The molecule has 1 aromatic carbocycles. The Morgan fingerprint density at radius 3 is 2.71 bits per heavy atom. The molecule has 1 fully saturated rings. The van der Waals surface area contributed by atoms with Crippen LogP contribution >= 0.6 is 11.3 Å². The fraction of sp³-hybridized carbons (Fsp3) is 0.286. The summed E-state index contributed by atoms with van der Waals surface area (Å²) in [5.41, 5.74) is 4.50. The maximum Gasteiger partial charge on any atom is 0.404 e. The number of amides is 1. The van der Waals surface area contributed by atoms with Gasteiger partial charge in [-0.25, -0.2) is 9.78 Å². The van der Waals surface area contributed by atoms with Crippen molar-refractivity contribution in [3.05, 3.63) is 41.0 Å². The minimum absolute atomic E-state index is 0.292. The van der Waals surface area contributed by atoms with Crippen LogP contribution in [0.2, 0.25) is 0 Å². The molecule has 0 unspecified atom stereocenters. The van der Waals surface area contributed by atoms with Crippen LogP contribution in [0.3, 0.4) is 0 Å². The van der Waals surface area contributed by atoms with Gasteiger partial charge in [0.25, 0.3) is 0 Å². The van der Waals surface area contributed by atoms with Crippen LogP contribution in [0, 0.1) is 0 Å². The lowest BCUT2D eigenvalue weighted by Gasteiger charge is -2.09. The summed E-state index contributed by atoms with van der Waals surface area (Å²) in [5, 5.41) is 10.9. The second kappa shape index (κ2) is 6.21. The standard InChI is InChI=1S/C14H14N2O4S/c17-14(18)15-7-9-1-3-10(4-2-9)12-11(16-8-21-12)13-19-5-6-20-13/h1-4,8,13,15H,5-7H2,(H,17,18). The van der Waals surface area contributed by atoms with E-state index in [2.05, 4.69) is 10.3 Å². The van der Waals surface area contributed by atoms with Crippen LogP contribution in [0.25, 0.3) is 10.4 Å². The number of aromatic nitrogens is 1. The summed E-state index contributed by atoms with van der Waals surface area (Å²) in [6, 6.07) is 7.69. The van der Waals surface area contributed by atoms with Gasteiger partial charge in [-0.05, 0) is 11.1 Å². The van der Waals surface area contributed by atoms with Gasteiger partial charge in [0, 0.05) is 6.54 Å². The Morgan fingerprint density at radius 2 is 2.05 bits per heavy atom. The largest absolute Gasteiger partial charge is 0.465 e. The Hall–Kier alpha value is -1.96. The number of nitrogens with zero attached hydrogens (tertiary/aromatic N) is 1. The SMILES string of the molecule is O=C(O)NCc1ccc(-c2scnc2C2OCCO2)cc1. The summed E-state index contributed by atoms with van der Waals surface area (Å²) in [6.45, 7) is 1.46. The fourth-order valence-electron chi connectivity index (χ4n) is 2.11. The minimum Gasteiger partial charge on any atom is -0.465 e. The van der Waals surface area contributed by atoms with Crippen LogP contribution in [0.5, 0.6) is 0 Å². The lowest BCUT2D eigenvalue weighted by molar-refractivity contribution is -0.0464. The van der Waals surface area contributed by atoms with E-state index in [1.54, 1.807) is 5.51 Å². The Morgan fingerprint density at radius 1 is 1.33 bits per heavy atom. The monoisotopic (exact) mass is 306 g/mol. The number of rotatable bonds is 4. The molecule has 0 saturated carbocycles. The molecule has 1 aromatic heterocycles. The number of benzene rings is 1. The van der Waals surface area contributed by atoms with Gasteiger partial charge in [-0.2, -0.15) is 0 Å². The Bertz CT molecular complexity index is 620. The molecule has 1 aliphatic heterocycles. The molecule has 1 saturated heterocycles. The second-order valence-corrected chi connectivity index (χ2v) is 5.35. The maximum absolute atomic E-state index is 10.5. The van der Waals surface area contributed by atoms with Crippen molar-refractivity contribution in [1.29, 1.82) is 0 Å². The lowest BCUT2D eigenvalue weighted by Crippen LogP contribution is -2.19. The maximum atomic E-state index is 10.5. The third-order valence-corrected chi connectivity index (χ3v) is 3.99. The molecule has 2 heterocycles. The molecular weight excluding hydrogens is 292 g/mol. The first-order valence-corrected chi connectivity index (χ1v) is 7.34. The van der Waals surface area contributed by atoms with E-state index in [1.165, 1.54) is 11.3 Å². The van der Waals surface area contributed by atoms with Crippen molar-refractivity contribution < 1.29 is 19.4 Å². The van der Waals surface area contributed by atoms with Crippen molar-refractivity contribution in [3.8, 4) is 10.4 Å². The molecule has 3 rings (SSSR count). The van der Waals surface area contributed by atoms with Gasteiger partial charge in [-0.15, -0.1) is 11.3 Å². The zero-order valence-corrected chi connectivity index (χ0v) is 11.9. The number of hydrogen-bond donors (Lipinski definition) is 2. The van der Waals surface area contributed by atoms with Crippen LogP contribution in [0.15, 0.2) is 29.8 Å². The summed E-state index contributed by atoms with van der Waals surface area (Å²) < 4.78 is 11.0. The number of thiazole rings is 1. The predicted molar refractivity (Wildman–Crippen MR) is 77.1 cm³/mol. The van der Waals surface area contributed by atoms with Crippen molar-refractivity contribution in [1.82, 2.24) is 10.3 Å². The van der Waals surface area contributed by atoms with Gasteiger partial charge >= 0.3 is 6.09 Å². The van der Waals surface area contributed by atoms with Gasteiger partial charge in [-0.1, -0.05) is 24.3 Å². The Balaban J connectivity index is 1.78. The van der Waals surface area contributed by atoms with E-state index in [0.29, 0.717) is 19.8 Å². The Kier molecular flexibility index (Phi) is 4.14. The highest BCUT2D eigenvalue weighted by atomic mass is 32.1. The smallest absolute Gasteiger partial charge is 0.404 e. The molecule has 0 spiro atoms. The van der Waals surface area contributed by atoms with Crippen LogP contribution < -0.4 is 5.32 Å². The third kappa shape index (κ3) is 3.21. The van der Waals surface area contributed by atoms with Gasteiger partial charge in [0.15, 0.2) is 0 Å². The van der Waals surface area contributed by atoms with Gasteiger partial charge in [0.2, 0.25) is 6.29 Å². The van der Waals surface area contributed by atoms with Crippen LogP contribution in [-0.2, 0) is 16.0 Å². The zero-order chi connectivity index (χ0) is 14.7. The van der Waals surface area contributed by atoms with E-state index < -0.39 is 6.09 Å². The molecule has 0 radical (unpaired) electrons.